The van der Waals surface area contributed by atoms with Crippen molar-refractivity contribution in [1.29, 1.82) is 0 Å². The summed E-state index contributed by atoms with van der Waals surface area (Å²) in [6, 6.07) is 7.61. The van der Waals surface area contributed by atoms with Gasteiger partial charge in [0.05, 0.1) is 12.9 Å². The second-order valence-corrected chi connectivity index (χ2v) is 5.93. The second kappa shape index (κ2) is 4.89. The molecule has 1 unspecified atom stereocenters. The Hall–Kier alpha value is -1.33. The number of sulfone groups is 1. The van der Waals surface area contributed by atoms with Crippen LogP contribution in [-0.4, -0.2) is 27.3 Å². The molecule has 2 rings (SSSR count). The minimum Gasteiger partial charge on any atom is -0.497 e. The predicted octanol–water partition coefficient (Wildman–Crippen LogP) is 1.10. The lowest BCUT2D eigenvalue weighted by Gasteiger charge is -2.10. The molecular weight excluding hydrogens is 238 g/mol. The number of nitrogens with one attached hydrogen (secondary N) is 1. The largest absolute Gasteiger partial charge is 0.497 e. The van der Waals surface area contributed by atoms with Crippen molar-refractivity contribution in [3.8, 4) is 5.75 Å². The maximum Gasteiger partial charge on any atom is 0.173 e. The quantitative estimate of drug-likeness (QED) is 0.873. The van der Waals surface area contributed by atoms with Gasteiger partial charge in [0.2, 0.25) is 0 Å². The topological polar surface area (TPSA) is 55.4 Å². The van der Waals surface area contributed by atoms with Gasteiger partial charge in [-0.2, -0.15) is 0 Å². The van der Waals surface area contributed by atoms with Crippen molar-refractivity contribution in [3.63, 3.8) is 0 Å². The summed E-state index contributed by atoms with van der Waals surface area (Å²) < 4.78 is 27.5. The summed E-state index contributed by atoms with van der Waals surface area (Å²) in [6.07, 6.45) is 1.69. The van der Waals surface area contributed by atoms with Gasteiger partial charge in [-0.05, 0) is 17.7 Å². The molecule has 0 saturated heterocycles. The number of benzene rings is 1. The first-order valence-electron chi connectivity index (χ1n) is 5.36. The molecule has 0 bridgehead atoms. The van der Waals surface area contributed by atoms with Gasteiger partial charge in [-0.3, -0.25) is 0 Å². The van der Waals surface area contributed by atoms with E-state index in [-0.39, 0.29) is 11.8 Å². The van der Waals surface area contributed by atoms with Crippen molar-refractivity contribution < 1.29 is 13.2 Å². The fraction of sp³-hybridized carbons (Fsp3) is 0.333. The van der Waals surface area contributed by atoms with Crippen LogP contribution in [0.15, 0.2) is 35.7 Å². The van der Waals surface area contributed by atoms with Crippen LogP contribution in [0.5, 0.6) is 5.75 Å². The molecule has 4 nitrogen and oxygen atoms in total. The van der Waals surface area contributed by atoms with E-state index in [1.165, 1.54) is 5.41 Å². The van der Waals surface area contributed by atoms with E-state index < -0.39 is 9.84 Å². The zero-order valence-corrected chi connectivity index (χ0v) is 10.4. The van der Waals surface area contributed by atoms with Gasteiger partial charge >= 0.3 is 0 Å². The molecule has 1 aliphatic rings. The van der Waals surface area contributed by atoms with Crippen LogP contribution in [0, 0.1) is 0 Å². The molecule has 0 radical (unpaired) electrons. The summed E-state index contributed by atoms with van der Waals surface area (Å²) in [5, 5.41) is 4.46. The van der Waals surface area contributed by atoms with E-state index in [9.17, 15) is 8.42 Å². The van der Waals surface area contributed by atoms with Crippen molar-refractivity contribution >= 4 is 9.84 Å². The monoisotopic (exact) mass is 253 g/mol. The summed E-state index contributed by atoms with van der Waals surface area (Å²) in [4.78, 5) is 0. The minimum absolute atomic E-state index is 0.0915. The molecule has 1 N–H and O–H groups in total. The molecule has 0 spiro atoms. The maximum atomic E-state index is 11.2. The van der Waals surface area contributed by atoms with Crippen molar-refractivity contribution in [2.45, 2.75) is 12.6 Å². The van der Waals surface area contributed by atoms with Crippen molar-refractivity contribution in [3.05, 3.63) is 41.3 Å². The SMILES string of the molecule is COc1cccc(CNC2C=CS(=O)(=O)C2)c1. The number of hydrogen-bond donors (Lipinski definition) is 1. The fourth-order valence-electron chi connectivity index (χ4n) is 1.73. The fourth-order valence-corrected chi connectivity index (χ4v) is 3.00. The lowest BCUT2D eigenvalue weighted by atomic mass is 10.2. The van der Waals surface area contributed by atoms with Gasteiger partial charge in [0, 0.05) is 18.0 Å². The highest BCUT2D eigenvalue weighted by molar-refractivity contribution is 7.94. The first-order valence-corrected chi connectivity index (χ1v) is 7.08. The zero-order chi connectivity index (χ0) is 12.3. The van der Waals surface area contributed by atoms with E-state index in [0.29, 0.717) is 6.54 Å². The van der Waals surface area contributed by atoms with Gasteiger partial charge < -0.3 is 10.1 Å². The minimum atomic E-state index is -2.98. The zero-order valence-electron chi connectivity index (χ0n) is 9.59. The molecule has 1 aliphatic heterocycles. The Morgan fingerprint density at radius 1 is 1.47 bits per heavy atom. The first kappa shape index (κ1) is 12.1. The van der Waals surface area contributed by atoms with Crippen LogP contribution < -0.4 is 10.1 Å². The third-order valence-corrected chi connectivity index (χ3v) is 4.03. The molecule has 0 amide bonds. The van der Waals surface area contributed by atoms with E-state index >= 15 is 0 Å². The number of rotatable bonds is 4. The predicted molar refractivity (Wildman–Crippen MR) is 66.5 cm³/mol. The van der Waals surface area contributed by atoms with Crippen LogP contribution >= 0.6 is 0 Å². The van der Waals surface area contributed by atoms with Crippen LogP contribution in [0.2, 0.25) is 0 Å². The van der Waals surface area contributed by atoms with Gasteiger partial charge in [0.1, 0.15) is 5.75 Å². The molecular formula is C12H15NO3S. The lowest BCUT2D eigenvalue weighted by molar-refractivity contribution is 0.414. The summed E-state index contributed by atoms with van der Waals surface area (Å²) >= 11 is 0. The van der Waals surface area contributed by atoms with Crippen LogP contribution in [0.25, 0.3) is 0 Å². The molecule has 1 aromatic carbocycles. The summed E-state index contributed by atoms with van der Waals surface area (Å²) in [6.45, 7) is 0.627. The second-order valence-electron chi connectivity index (χ2n) is 4.00. The van der Waals surface area contributed by atoms with E-state index in [4.69, 9.17) is 4.74 Å². The molecule has 1 atom stereocenters. The molecule has 1 heterocycles. The van der Waals surface area contributed by atoms with Crippen molar-refractivity contribution in [2.75, 3.05) is 12.9 Å². The molecule has 5 heteroatoms. The Bertz CT molecular complexity index is 522. The van der Waals surface area contributed by atoms with Gasteiger partial charge in [0.25, 0.3) is 0 Å². The van der Waals surface area contributed by atoms with Crippen molar-refractivity contribution in [1.82, 2.24) is 5.32 Å². The van der Waals surface area contributed by atoms with E-state index in [0.717, 1.165) is 11.3 Å². The molecule has 92 valence electrons. The lowest BCUT2D eigenvalue weighted by Crippen LogP contribution is -2.29. The smallest absolute Gasteiger partial charge is 0.173 e. The summed E-state index contributed by atoms with van der Waals surface area (Å²) in [7, 11) is -1.36. The van der Waals surface area contributed by atoms with Crippen LogP contribution in [0.1, 0.15) is 5.56 Å². The standard InChI is InChI=1S/C12H15NO3S/c1-16-12-4-2-3-10(7-12)8-13-11-5-6-17(14,15)9-11/h2-7,11,13H,8-9H2,1H3. The molecule has 17 heavy (non-hydrogen) atoms. The Morgan fingerprint density at radius 3 is 2.94 bits per heavy atom. The average molecular weight is 253 g/mol. The molecule has 1 aromatic rings. The van der Waals surface area contributed by atoms with Gasteiger partial charge in [0.15, 0.2) is 9.84 Å². The average Bonchev–Trinajstić information content (AvgIpc) is 2.67. The van der Waals surface area contributed by atoms with Gasteiger partial charge in [-0.15, -0.1) is 0 Å². The van der Waals surface area contributed by atoms with E-state index in [1.54, 1.807) is 13.2 Å². The number of ether oxygens (including phenoxy) is 1. The van der Waals surface area contributed by atoms with Crippen LogP contribution in [-0.2, 0) is 16.4 Å². The highest BCUT2D eigenvalue weighted by Crippen LogP contribution is 2.13. The molecule has 0 aromatic heterocycles. The molecule has 0 aliphatic carbocycles. The van der Waals surface area contributed by atoms with E-state index in [2.05, 4.69) is 5.32 Å². The first-order chi connectivity index (χ1) is 8.09. The highest BCUT2D eigenvalue weighted by atomic mass is 32.2. The van der Waals surface area contributed by atoms with Crippen LogP contribution in [0.3, 0.4) is 0 Å². The maximum absolute atomic E-state index is 11.2. The van der Waals surface area contributed by atoms with Gasteiger partial charge in [-0.25, -0.2) is 8.42 Å². The van der Waals surface area contributed by atoms with Gasteiger partial charge in [-0.1, -0.05) is 18.2 Å². The molecule has 0 saturated carbocycles. The van der Waals surface area contributed by atoms with E-state index in [1.807, 2.05) is 24.3 Å². The summed E-state index contributed by atoms with van der Waals surface area (Å²) in [5.74, 6) is 0.954. The molecule has 0 fully saturated rings. The normalized spacial score (nSPS) is 21.6. The third-order valence-electron chi connectivity index (χ3n) is 2.63. The highest BCUT2D eigenvalue weighted by Gasteiger charge is 2.20. The Balaban J connectivity index is 1.92. The third kappa shape index (κ3) is 3.31. The Labute approximate surface area is 101 Å². The number of hydrogen-bond acceptors (Lipinski definition) is 4. The van der Waals surface area contributed by atoms with Crippen LogP contribution in [0.4, 0.5) is 0 Å². The Kier molecular flexibility index (Phi) is 3.49. The Morgan fingerprint density at radius 2 is 2.29 bits per heavy atom. The number of methoxy groups -OCH3 is 1. The van der Waals surface area contributed by atoms with Crippen molar-refractivity contribution in [2.24, 2.45) is 0 Å². The summed E-state index contributed by atoms with van der Waals surface area (Å²) in [5.41, 5.74) is 1.07.